The Labute approximate surface area is 164 Å². The van der Waals surface area contributed by atoms with Crippen molar-refractivity contribution in [1.29, 1.82) is 0 Å². The Kier molecular flexibility index (Phi) is 5.79. The van der Waals surface area contributed by atoms with E-state index >= 15 is 0 Å². The number of halogens is 2. The van der Waals surface area contributed by atoms with Gasteiger partial charge in [0, 0.05) is 16.5 Å². The summed E-state index contributed by atoms with van der Waals surface area (Å²) in [4.78, 5) is 37.8. The minimum absolute atomic E-state index is 0.0467. The van der Waals surface area contributed by atoms with Crippen molar-refractivity contribution in [1.82, 2.24) is 10.2 Å². The van der Waals surface area contributed by atoms with E-state index in [-0.39, 0.29) is 25.1 Å². The summed E-state index contributed by atoms with van der Waals surface area (Å²) in [6.45, 7) is 4.95. The molecular formula is C17H20FIN2O5. The molecule has 2 amide bonds. The molecule has 1 unspecified atom stereocenters. The third-order valence-electron chi connectivity index (χ3n) is 3.87. The summed E-state index contributed by atoms with van der Waals surface area (Å²) in [7, 11) is 0. The molecule has 1 atom stereocenters. The van der Waals surface area contributed by atoms with Crippen molar-refractivity contribution in [3.8, 4) is 0 Å². The van der Waals surface area contributed by atoms with E-state index in [0.29, 0.717) is 3.57 Å². The van der Waals surface area contributed by atoms with E-state index in [1.807, 2.05) is 22.6 Å². The highest BCUT2D eigenvalue weighted by Crippen LogP contribution is 2.26. The van der Waals surface area contributed by atoms with Gasteiger partial charge in [-0.1, -0.05) is 0 Å². The van der Waals surface area contributed by atoms with Crippen LogP contribution in [0.1, 0.15) is 37.6 Å². The molecule has 0 aromatic heterocycles. The van der Waals surface area contributed by atoms with Crippen LogP contribution >= 0.6 is 22.6 Å². The van der Waals surface area contributed by atoms with Gasteiger partial charge in [0.05, 0.1) is 12.1 Å². The Bertz CT molecular complexity index is 749. The SMILES string of the molecule is CC(C)(C)OC(=O)NC1(C(=O)O)CCN(C(=O)c2ccc(F)cc2I)C1. The van der Waals surface area contributed by atoms with Crippen molar-refractivity contribution < 1.29 is 28.6 Å². The summed E-state index contributed by atoms with van der Waals surface area (Å²) in [5, 5.41) is 12.0. The molecule has 1 aromatic rings. The molecule has 0 radical (unpaired) electrons. The lowest BCUT2D eigenvalue weighted by Crippen LogP contribution is -2.57. The highest BCUT2D eigenvalue weighted by Gasteiger charge is 2.48. The van der Waals surface area contributed by atoms with Crippen LogP contribution in [0.25, 0.3) is 0 Å². The van der Waals surface area contributed by atoms with Crippen molar-refractivity contribution in [2.75, 3.05) is 13.1 Å². The van der Waals surface area contributed by atoms with Gasteiger partial charge in [0.1, 0.15) is 11.4 Å². The standard InChI is InChI=1S/C17H20FIN2O5/c1-16(2,3)26-15(25)20-17(14(23)24)6-7-21(9-17)13(22)11-5-4-10(18)8-12(11)19/h4-5,8H,6-7,9H2,1-3H3,(H,20,25)(H,23,24). The van der Waals surface area contributed by atoms with Crippen LogP contribution in [0.4, 0.5) is 9.18 Å². The number of nitrogens with zero attached hydrogens (tertiary/aromatic N) is 1. The molecule has 0 bridgehead atoms. The molecule has 26 heavy (non-hydrogen) atoms. The van der Waals surface area contributed by atoms with Gasteiger partial charge in [0.25, 0.3) is 5.91 Å². The van der Waals surface area contributed by atoms with E-state index in [1.54, 1.807) is 20.8 Å². The van der Waals surface area contributed by atoms with Gasteiger partial charge in [-0.3, -0.25) is 4.79 Å². The number of aliphatic carboxylic acids is 1. The Hall–Kier alpha value is -1.91. The van der Waals surface area contributed by atoms with Gasteiger partial charge in [-0.15, -0.1) is 0 Å². The molecule has 1 aliphatic heterocycles. The van der Waals surface area contributed by atoms with Gasteiger partial charge < -0.3 is 20.1 Å². The van der Waals surface area contributed by atoms with E-state index < -0.39 is 34.9 Å². The summed E-state index contributed by atoms with van der Waals surface area (Å²) in [6, 6.07) is 3.77. The maximum Gasteiger partial charge on any atom is 0.408 e. The van der Waals surface area contributed by atoms with Crippen molar-refractivity contribution >= 4 is 40.6 Å². The minimum atomic E-state index is -1.62. The second-order valence-electron chi connectivity index (χ2n) is 7.12. The molecule has 0 spiro atoms. The van der Waals surface area contributed by atoms with Crippen LogP contribution < -0.4 is 5.32 Å². The van der Waals surface area contributed by atoms with Crippen LogP contribution in [-0.2, 0) is 9.53 Å². The second kappa shape index (κ2) is 7.37. The van der Waals surface area contributed by atoms with Crippen molar-refractivity contribution in [3.05, 3.63) is 33.1 Å². The molecule has 142 valence electrons. The molecule has 9 heteroatoms. The fourth-order valence-corrected chi connectivity index (χ4v) is 3.35. The zero-order chi connectivity index (χ0) is 19.7. The average molecular weight is 478 g/mol. The Morgan fingerprint density at radius 2 is 2.00 bits per heavy atom. The van der Waals surface area contributed by atoms with Crippen molar-refractivity contribution in [2.45, 2.75) is 38.3 Å². The Morgan fingerprint density at radius 1 is 1.35 bits per heavy atom. The fourth-order valence-electron chi connectivity index (χ4n) is 2.65. The molecule has 2 N–H and O–H groups in total. The van der Waals surface area contributed by atoms with Crippen molar-refractivity contribution in [2.24, 2.45) is 0 Å². The number of carbonyl (C=O) groups excluding carboxylic acids is 2. The predicted molar refractivity (Wildman–Crippen MR) is 99.4 cm³/mol. The zero-order valence-corrected chi connectivity index (χ0v) is 16.8. The number of nitrogens with one attached hydrogen (secondary N) is 1. The quantitative estimate of drug-likeness (QED) is 0.652. The predicted octanol–water partition coefficient (Wildman–Crippen LogP) is 2.62. The topological polar surface area (TPSA) is 95.9 Å². The molecule has 0 aliphatic carbocycles. The van der Waals surface area contributed by atoms with Crippen molar-refractivity contribution in [3.63, 3.8) is 0 Å². The lowest BCUT2D eigenvalue weighted by atomic mass is 9.99. The third kappa shape index (κ3) is 4.63. The molecule has 2 rings (SSSR count). The van der Waals surface area contributed by atoms with Gasteiger partial charge in [-0.2, -0.15) is 0 Å². The van der Waals surface area contributed by atoms with E-state index in [0.717, 1.165) is 0 Å². The number of carboxylic acids is 1. The highest BCUT2D eigenvalue weighted by atomic mass is 127. The first-order valence-electron chi connectivity index (χ1n) is 7.92. The number of carboxylic acid groups (broad SMARTS) is 1. The lowest BCUT2D eigenvalue weighted by molar-refractivity contribution is -0.144. The number of benzene rings is 1. The number of hydrogen-bond donors (Lipinski definition) is 2. The highest BCUT2D eigenvalue weighted by molar-refractivity contribution is 14.1. The molecule has 0 saturated carbocycles. The van der Waals surface area contributed by atoms with Crippen LogP contribution in [0.15, 0.2) is 18.2 Å². The summed E-state index contributed by atoms with van der Waals surface area (Å²) in [5.74, 6) is -2.12. The second-order valence-corrected chi connectivity index (χ2v) is 8.28. The maximum absolute atomic E-state index is 13.2. The van der Waals surface area contributed by atoms with Gasteiger partial charge in [0.2, 0.25) is 0 Å². The zero-order valence-electron chi connectivity index (χ0n) is 14.6. The third-order valence-corrected chi connectivity index (χ3v) is 4.76. The van der Waals surface area contributed by atoms with Crippen LogP contribution in [0.5, 0.6) is 0 Å². The molecular weight excluding hydrogens is 458 g/mol. The largest absolute Gasteiger partial charge is 0.479 e. The molecule has 7 nitrogen and oxygen atoms in total. The Morgan fingerprint density at radius 3 is 2.54 bits per heavy atom. The summed E-state index contributed by atoms with van der Waals surface area (Å²) >= 11 is 1.85. The van der Waals surface area contributed by atoms with E-state index in [9.17, 15) is 23.9 Å². The summed E-state index contributed by atoms with van der Waals surface area (Å²) in [5.41, 5.74) is -2.11. The first-order valence-corrected chi connectivity index (χ1v) is 9.00. The number of likely N-dealkylation sites (tertiary alicyclic amines) is 1. The van der Waals surface area contributed by atoms with Gasteiger partial charge in [-0.05, 0) is 61.6 Å². The molecule has 1 aliphatic rings. The van der Waals surface area contributed by atoms with Gasteiger partial charge in [-0.25, -0.2) is 14.0 Å². The molecule has 1 aromatic carbocycles. The van der Waals surface area contributed by atoms with E-state index in [4.69, 9.17) is 4.74 Å². The number of carbonyl (C=O) groups is 3. The van der Waals surface area contributed by atoms with Crippen LogP contribution in [0.2, 0.25) is 0 Å². The number of amides is 2. The minimum Gasteiger partial charge on any atom is -0.479 e. The van der Waals surface area contributed by atoms with E-state index in [2.05, 4.69) is 5.32 Å². The maximum atomic E-state index is 13.2. The number of rotatable bonds is 3. The summed E-state index contributed by atoms with van der Waals surface area (Å²) in [6.07, 6.45) is -0.809. The van der Waals surface area contributed by atoms with E-state index in [1.165, 1.54) is 23.1 Å². The first-order chi connectivity index (χ1) is 11.9. The molecule has 1 saturated heterocycles. The van der Waals surface area contributed by atoms with Crippen LogP contribution in [-0.4, -0.2) is 52.2 Å². The number of alkyl carbamates (subject to hydrolysis) is 1. The smallest absolute Gasteiger partial charge is 0.408 e. The lowest BCUT2D eigenvalue weighted by Gasteiger charge is -2.28. The first kappa shape index (κ1) is 20.4. The average Bonchev–Trinajstić information content (AvgIpc) is 2.90. The molecule has 1 fully saturated rings. The monoisotopic (exact) mass is 478 g/mol. The van der Waals surface area contributed by atoms with Crippen LogP contribution in [0, 0.1) is 9.39 Å². The normalized spacial score (nSPS) is 20.0. The molecule has 1 heterocycles. The fraction of sp³-hybridized carbons (Fsp3) is 0.471. The van der Waals surface area contributed by atoms with Gasteiger partial charge in [0.15, 0.2) is 5.54 Å². The Balaban J connectivity index is 2.17. The number of ether oxygens (including phenoxy) is 1. The number of hydrogen-bond acceptors (Lipinski definition) is 4. The van der Waals surface area contributed by atoms with Crippen LogP contribution in [0.3, 0.4) is 0 Å². The van der Waals surface area contributed by atoms with Gasteiger partial charge >= 0.3 is 12.1 Å². The summed E-state index contributed by atoms with van der Waals surface area (Å²) < 4.78 is 18.8.